The second-order valence-electron chi connectivity index (χ2n) is 4.22. The summed E-state index contributed by atoms with van der Waals surface area (Å²) in [5.74, 6) is 0. The van der Waals surface area contributed by atoms with Crippen molar-refractivity contribution in [2.24, 2.45) is 5.14 Å². The highest BCUT2D eigenvalue weighted by Gasteiger charge is 2.11. The molecule has 0 amide bonds. The third kappa shape index (κ3) is 3.50. The average Bonchev–Trinajstić information content (AvgIpc) is 2.30. The molecule has 0 bridgehead atoms. The monoisotopic (exact) mass is 255 g/mol. The van der Waals surface area contributed by atoms with Crippen LogP contribution in [0.15, 0.2) is 29.2 Å². The lowest BCUT2D eigenvalue weighted by Crippen LogP contribution is -2.42. The molecule has 3 N–H and O–H groups in total. The van der Waals surface area contributed by atoms with Crippen LogP contribution in [0.4, 0.5) is 0 Å². The van der Waals surface area contributed by atoms with E-state index in [1.807, 2.05) is 12.1 Å². The summed E-state index contributed by atoms with van der Waals surface area (Å²) in [5.41, 5.74) is 1.11. The lowest BCUT2D eigenvalue weighted by molar-refractivity contribution is 0.233. The zero-order chi connectivity index (χ0) is 12.3. The molecule has 0 unspecified atom stereocenters. The van der Waals surface area contributed by atoms with E-state index >= 15 is 0 Å². The summed E-state index contributed by atoms with van der Waals surface area (Å²) >= 11 is 0. The van der Waals surface area contributed by atoms with Crippen molar-refractivity contribution >= 4 is 10.0 Å². The van der Waals surface area contributed by atoms with E-state index in [4.69, 9.17) is 5.14 Å². The third-order valence-electron chi connectivity index (χ3n) is 2.87. The molecule has 0 aliphatic carbocycles. The van der Waals surface area contributed by atoms with Gasteiger partial charge < -0.3 is 5.32 Å². The van der Waals surface area contributed by atoms with Crippen LogP contribution in [-0.2, 0) is 16.6 Å². The summed E-state index contributed by atoms with van der Waals surface area (Å²) in [4.78, 5) is 2.50. The van der Waals surface area contributed by atoms with Crippen LogP contribution in [0.25, 0.3) is 0 Å². The highest BCUT2D eigenvalue weighted by Crippen LogP contribution is 2.11. The Hall–Kier alpha value is -0.950. The number of hydrogen-bond acceptors (Lipinski definition) is 4. The zero-order valence-electron chi connectivity index (χ0n) is 9.59. The van der Waals surface area contributed by atoms with Gasteiger partial charge in [0.1, 0.15) is 0 Å². The van der Waals surface area contributed by atoms with Crippen LogP contribution in [0.2, 0.25) is 0 Å². The molecule has 1 fully saturated rings. The van der Waals surface area contributed by atoms with Gasteiger partial charge in [-0.1, -0.05) is 12.1 Å². The fourth-order valence-electron chi connectivity index (χ4n) is 1.91. The van der Waals surface area contributed by atoms with E-state index in [9.17, 15) is 8.42 Å². The first-order valence-corrected chi connectivity index (χ1v) is 7.15. The molecule has 0 spiro atoms. The SMILES string of the molecule is NS(=O)(=O)c1ccc(CN2CCNCC2)cc1. The maximum atomic E-state index is 11.1. The normalized spacial score (nSPS) is 18.2. The fraction of sp³-hybridized carbons (Fsp3) is 0.455. The van der Waals surface area contributed by atoms with Gasteiger partial charge in [0.2, 0.25) is 10.0 Å². The van der Waals surface area contributed by atoms with Gasteiger partial charge in [-0.3, -0.25) is 4.90 Å². The molecule has 2 rings (SSSR count). The van der Waals surface area contributed by atoms with Crippen LogP contribution in [-0.4, -0.2) is 39.5 Å². The molecular weight excluding hydrogens is 238 g/mol. The topological polar surface area (TPSA) is 75.4 Å². The van der Waals surface area contributed by atoms with Gasteiger partial charge in [-0.15, -0.1) is 0 Å². The number of nitrogens with one attached hydrogen (secondary N) is 1. The van der Waals surface area contributed by atoms with Crippen LogP contribution in [0.5, 0.6) is 0 Å². The van der Waals surface area contributed by atoms with Crippen molar-refractivity contribution in [2.75, 3.05) is 26.2 Å². The van der Waals surface area contributed by atoms with Crippen molar-refractivity contribution in [1.29, 1.82) is 0 Å². The molecule has 1 heterocycles. The number of benzene rings is 1. The number of primary sulfonamides is 1. The van der Waals surface area contributed by atoms with Crippen molar-refractivity contribution in [3.63, 3.8) is 0 Å². The predicted octanol–water partition coefficient (Wildman–Crippen LogP) is -0.261. The Morgan fingerprint density at radius 3 is 2.29 bits per heavy atom. The van der Waals surface area contributed by atoms with Crippen LogP contribution >= 0.6 is 0 Å². The van der Waals surface area contributed by atoms with Crippen LogP contribution in [0.1, 0.15) is 5.56 Å². The van der Waals surface area contributed by atoms with E-state index in [0.29, 0.717) is 0 Å². The molecule has 1 aliphatic rings. The number of nitrogens with zero attached hydrogens (tertiary/aromatic N) is 1. The summed E-state index contributed by atoms with van der Waals surface area (Å²) in [6, 6.07) is 6.77. The number of hydrogen-bond donors (Lipinski definition) is 2. The molecule has 6 heteroatoms. The van der Waals surface area contributed by atoms with Crippen molar-refractivity contribution in [3.8, 4) is 0 Å². The maximum Gasteiger partial charge on any atom is 0.238 e. The molecule has 94 valence electrons. The van der Waals surface area contributed by atoms with E-state index < -0.39 is 10.0 Å². The molecule has 1 aromatic carbocycles. The molecule has 0 radical (unpaired) electrons. The van der Waals surface area contributed by atoms with Crippen molar-refractivity contribution in [2.45, 2.75) is 11.4 Å². The Morgan fingerprint density at radius 2 is 1.76 bits per heavy atom. The van der Waals surface area contributed by atoms with Crippen molar-refractivity contribution < 1.29 is 8.42 Å². The minimum atomic E-state index is -3.58. The minimum Gasteiger partial charge on any atom is -0.314 e. The van der Waals surface area contributed by atoms with Crippen LogP contribution in [0, 0.1) is 0 Å². The first-order valence-electron chi connectivity index (χ1n) is 5.60. The molecular formula is C11H17N3O2S. The quantitative estimate of drug-likeness (QED) is 0.780. The molecule has 0 atom stereocenters. The van der Waals surface area contributed by atoms with Crippen LogP contribution in [0.3, 0.4) is 0 Å². The average molecular weight is 255 g/mol. The van der Waals surface area contributed by atoms with E-state index in [0.717, 1.165) is 38.3 Å². The highest BCUT2D eigenvalue weighted by atomic mass is 32.2. The largest absolute Gasteiger partial charge is 0.314 e. The Kier molecular flexibility index (Phi) is 3.78. The van der Waals surface area contributed by atoms with Crippen molar-refractivity contribution in [1.82, 2.24) is 10.2 Å². The Labute approximate surface area is 102 Å². The number of nitrogens with two attached hydrogens (primary N) is 1. The van der Waals surface area contributed by atoms with Gasteiger partial charge in [0.25, 0.3) is 0 Å². The van der Waals surface area contributed by atoms with E-state index in [-0.39, 0.29) is 4.90 Å². The number of rotatable bonds is 3. The summed E-state index contributed by atoms with van der Waals surface area (Å²) in [7, 11) is -3.58. The molecule has 5 nitrogen and oxygen atoms in total. The second kappa shape index (κ2) is 5.14. The summed E-state index contributed by atoms with van der Waals surface area (Å²) in [6.45, 7) is 4.92. The fourth-order valence-corrected chi connectivity index (χ4v) is 2.43. The van der Waals surface area contributed by atoms with Crippen molar-refractivity contribution in [3.05, 3.63) is 29.8 Å². The maximum absolute atomic E-state index is 11.1. The van der Waals surface area contributed by atoms with E-state index in [2.05, 4.69) is 10.2 Å². The second-order valence-corrected chi connectivity index (χ2v) is 5.78. The standard InChI is InChI=1S/C11H17N3O2S/c12-17(15,16)11-3-1-10(2-4-11)9-14-7-5-13-6-8-14/h1-4,13H,5-9H2,(H2,12,15,16). The molecule has 17 heavy (non-hydrogen) atoms. The minimum absolute atomic E-state index is 0.168. The van der Waals surface area contributed by atoms with Gasteiger partial charge in [-0.25, -0.2) is 13.6 Å². The van der Waals surface area contributed by atoms with Gasteiger partial charge >= 0.3 is 0 Å². The summed E-state index contributed by atoms with van der Waals surface area (Å²) in [5, 5.41) is 8.34. The smallest absolute Gasteiger partial charge is 0.238 e. The Balaban J connectivity index is 2.03. The third-order valence-corrected chi connectivity index (χ3v) is 3.80. The molecule has 1 aliphatic heterocycles. The summed E-state index contributed by atoms with van der Waals surface area (Å²) < 4.78 is 22.2. The van der Waals surface area contributed by atoms with E-state index in [1.54, 1.807) is 12.1 Å². The molecule has 0 saturated carbocycles. The molecule has 0 aromatic heterocycles. The lowest BCUT2D eigenvalue weighted by Gasteiger charge is -2.27. The predicted molar refractivity (Wildman–Crippen MR) is 66.0 cm³/mol. The Morgan fingerprint density at radius 1 is 1.18 bits per heavy atom. The first kappa shape index (κ1) is 12.5. The lowest BCUT2D eigenvalue weighted by atomic mass is 10.2. The van der Waals surface area contributed by atoms with Crippen LogP contribution < -0.4 is 10.5 Å². The van der Waals surface area contributed by atoms with Gasteiger partial charge in [0.15, 0.2) is 0 Å². The van der Waals surface area contributed by atoms with Gasteiger partial charge in [-0.05, 0) is 17.7 Å². The number of piperazine rings is 1. The first-order chi connectivity index (χ1) is 8.05. The Bertz CT molecular complexity index is 464. The van der Waals surface area contributed by atoms with Gasteiger partial charge in [0.05, 0.1) is 4.90 Å². The van der Waals surface area contributed by atoms with Gasteiger partial charge in [0, 0.05) is 32.7 Å². The summed E-state index contributed by atoms with van der Waals surface area (Å²) in [6.07, 6.45) is 0. The zero-order valence-corrected chi connectivity index (χ0v) is 10.4. The number of sulfonamides is 1. The molecule has 1 aromatic rings. The van der Waals surface area contributed by atoms with Gasteiger partial charge in [-0.2, -0.15) is 0 Å². The molecule has 1 saturated heterocycles. The highest BCUT2D eigenvalue weighted by molar-refractivity contribution is 7.89. The van der Waals surface area contributed by atoms with E-state index in [1.165, 1.54) is 0 Å².